The summed E-state index contributed by atoms with van der Waals surface area (Å²) in [5, 5.41) is 3.46. The predicted octanol–water partition coefficient (Wildman–Crippen LogP) is 3.45. The monoisotopic (exact) mass is 356 g/mol. The molecule has 0 radical (unpaired) electrons. The summed E-state index contributed by atoms with van der Waals surface area (Å²) in [4.78, 5) is 12.0. The van der Waals surface area contributed by atoms with Crippen LogP contribution in [0.1, 0.15) is 12.8 Å². The average Bonchev–Trinajstić information content (AvgIpc) is 2.39. The number of carbonyl (C=O) groups excluding carboxylic acids is 1. The Kier molecular flexibility index (Phi) is 7.36. The van der Waals surface area contributed by atoms with Gasteiger partial charge >= 0.3 is 7.60 Å². The lowest BCUT2D eigenvalue weighted by atomic mass is 10.0. The zero-order valence-electron chi connectivity index (χ0n) is 10.9. The van der Waals surface area contributed by atoms with E-state index in [1.807, 2.05) is 0 Å². The van der Waals surface area contributed by atoms with Crippen LogP contribution in [-0.4, -0.2) is 24.5 Å². The SMILES string of the molecule is CSOP(=O)(OSC)C1=C(C(=O)C=NN)CCC=C1Cl. The van der Waals surface area contributed by atoms with Gasteiger partial charge < -0.3 is 5.84 Å². The van der Waals surface area contributed by atoms with Gasteiger partial charge in [-0.2, -0.15) is 5.10 Å². The van der Waals surface area contributed by atoms with Gasteiger partial charge in [-0.25, -0.2) is 7.94 Å². The third-order valence-electron chi connectivity index (χ3n) is 2.34. The number of ketones is 1. The Hall–Kier alpha value is -0.240. The molecule has 0 bridgehead atoms. The fourth-order valence-corrected chi connectivity index (χ4v) is 5.60. The Morgan fingerprint density at radius 2 is 2.10 bits per heavy atom. The van der Waals surface area contributed by atoms with E-state index in [4.69, 9.17) is 25.4 Å². The largest absolute Gasteiger partial charge is 0.385 e. The number of nitrogens with zero attached hydrogens (tertiary/aromatic N) is 1. The van der Waals surface area contributed by atoms with Crippen molar-refractivity contribution in [3.05, 3.63) is 22.0 Å². The van der Waals surface area contributed by atoms with Crippen molar-refractivity contribution in [3.63, 3.8) is 0 Å². The summed E-state index contributed by atoms with van der Waals surface area (Å²) in [5.41, 5.74) is 0.248. The summed E-state index contributed by atoms with van der Waals surface area (Å²) < 4.78 is 23.1. The first-order chi connectivity index (χ1) is 9.50. The number of hydrazone groups is 1. The van der Waals surface area contributed by atoms with E-state index < -0.39 is 13.4 Å². The number of hydrogen-bond donors (Lipinski definition) is 1. The number of halogens is 1. The highest BCUT2D eigenvalue weighted by atomic mass is 35.5. The minimum Gasteiger partial charge on any atom is -0.323 e. The number of hydrogen-bond acceptors (Lipinski definition) is 8. The van der Waals surface area contributed by atoms with Gasteiger partial charge in [0, 0.05) is 18.1 Å². The molecule has 0 saturated carbocycles. The fourth-order valence-electron chi connectivity index (χ4n) is 1.67. The van der Waals surface area contributed by atoms with Crippen molar-refractivity contribution in [2.45, 2.75) is 12.8 Å². The smallest absolute Gasteiger partial charge is 0.323 e. The molecule has 112 valence electrons. The molecule has 6 nitrogen and oxygen atoms in total. The van der Waals surface area contributed by atoms with Crippen molar-refractivity contribution in [3.8, 4) is 0 Å². The topological polar surface area (TPSA) is 91.0 Å². The van der Waals surface area contributed by atoms with Gasteiger partial charge in [0.1, 0.15) is 0 Å². The average molecular weight is 357 g/mol. The first-order valence-corrected chi connectivity index (χ1v) is 9.64. The summed E-state index contributed by atoms with van der Waals surface area (Å²) in [6, 6.07) is 0. The lowest BCUT2D eigenvalue weighted by Crippen LogP contribution is -2.12. The second kappa shape index (κ2) is 8.26. The predicted molar refractivity (Wildman–Crippen MR) is 84.7 cm³/mol. The second-order valence-electron chi connectivity index (χ2n) is 3.54. The zero-order valence-corrected chi connectivity index (χ0v) is 14.2. The Balaban J connectivity index is 3.39. The molecular formula is C10H14ClN2O4PS2. The van der Waals surface area contributed by atoms with Gasteiger partial charge in [0.15, 0.2) is 0 Å². The number of carbonyl (C=O) groups is 1. The van der Waals surface area contributed by atoms with Crippen LogP contribution in [0.25, 0.3) is 0 Å². The molecule has 0 aromatic heterocycles. The van der Waals surface area contributed by atoms with E-state index in [0.717, 1.165) is 30.3 Å². The van der Waals surface area contributed by atoms with Crippen LogP contribution >= 0.6 is 43.3 Å². The Morgan fingerprint density at radius 1 is 1.50 bits per heavy atom. The molecule has 0 amide bonds. The molecule has 1 rings (SSSR count). The van der Waals surface area contributed by atoms with Crippen LogP contribution < -0.4 is 5.84 Å². The Bertz CT molecular complexity index is 511. The Morgan fingerprint density at radius 3 is 2.60 bits per heavy atom. The molecule has 0 heterocycles. The van der Waals surface area contributed by atoms with E-state index in [-0.39, 0.29) is 15.9 Å². The van der Waals surface area contributed by atoms with Crippen LogP contribution in [-0.2, 0) is 17.3 Å². The minimum absolute atomic E-state index is 0.0824. The van der Waals surface area contributed by atoms with Gasteiger partial charge in [0.25, 0.3) is 0 Å². The molecule has 0 unspecified atom stereocenters. The quantitative estimate of drug-likeness (QED) is 0.245. The van der Waals surface area contributed by atoms with E-state index in [1.165, 1.54) is 0 Å². The molecule has 0 fully saturated rings. The molecule has 0 saturated heterocycles. The van der Waals surface area contributed by atoms with Crippen LogP contribution in [0, 0.1) is 0 Å². The van der Waals surface area contributed by atoms with E-state index >= 15 is 0 Å². The van der Waals surface area contributed by atoms with Gasteiger partial charge in [-0.15, -0.1) is 0 Å². The maximum atomic E-state index is 12.8. The van der Waals surface area contributed by atoms with Crippen LogP contribution in [0.3, 0.4) is 0 Å². The minimum atomic E-state index is -3.70. The summed E-state index contributed by atoms with van der Waals surface area (Å²) in [5.74, 6) is 4.53. The lowest BCUT2D eigenvalue weighted by Gasteiger charge is -2.22. The number of nitrogens with two attached hydrogens (primary N) is 1. The molecular weight excluding hydrogens is 343 g/mol. The van der Waals surface area contributed by atoms with Crippen molar-refractivity contribution in [2.24, 2.45) is 10.9 Å². The number of allylic oxidation sites excluding steroid dienone is 4. The summed E-state index contributed by atoms with van der Waals surface area (Å²) in [7, 11) is -3.70. The molecule has 0 spiro atoms. The van der Waals surface area contributed by atoms with Crippen molar-refractivity contribution in [1.82, 2.24) is 0 Å². The van der Waals surface area contributed by atoms with Crippen molar-refractivity contribution < 1.29 is 17.3 Å². The normalized spacial score (nSPS) is 16.6. The van der Waals surface area contributed by atoms with Gasteiger partial charge in [-0.1, -0.05) is 17.7 Å². The molecule has 0 aromatic rings. The van der Waals surface area contributed by atoms with Crippen LogP contribution in [0.2, 0.25) is 0 Å². The van der Waals surface area contributed by atoms with E-state index in [0.29, 0.717) is 12.8 Å². The number of Topliss-reactive ketones (excluding diaryl/α,β-unsaturated/α-hetero) is 1. The van der Waals surface area contributed by atoms with Gasteiger partial charge in [-0.3, -0.25) is 9.36 Å². The zero-order chi connectivity index (χ0) is 15.2. The van der Waals surface area contributed by atoms with Crippen LogP contribution in [0.15, 0.2) is 27.1 Å². The third-order valence-corrected chi connectivity index (χ3v) is 6.63. The summed E-state index contributed by atoms with van der Waals surface area (Å²) in [6.07, 6.45) is 6.75. The maximum absolute atomic E-state index is 12.8. The fraction of sp³-hybridized carbons (Fsp3) is 0.400. The molecule has 10 heteroatoms. The van der Waals surface area contributed by atoms with Gasteiger partial charge in [0.05, 0.1) is 16.6 Å². The lowest BCUT2D eigenvalue weighted by molar-refractivity contribution is -0.109. The molecule has 0 atom stereocenters. The molecule has 1 aliphatic carbocycles. The van der Waals surface area contributed by atoms with Gasteiger partial charge in [0.2, 0.25) is 5.78 Å². The van der Waals surface area contributed by atoms with Gasteiger partial charge in [-0.05, 0) is 36.9 Å². The molecule has 2 N–H and O–H groups in total. The standard InChI is InChI=1S/C10H14ClN2O4PS2/c1-19-16-18(15,17-20-2)10-7(9(14)6-13-12)4-3-5-8(10)11/h5-6H,3-4,12H2,1-2H3. The highest BCUT2D eigenvalue weighted by molar-refractivity contribution is 8.01. The van der Waals surface area contributed by atoms with E-state index in [9.17, 15) is 9.36 Å². The molecule has 20 heavy (non-hydrogen) atoms. The third kappa shape index (κ3) is 4.13. The maximum Gasteiger partial charge on any atom is 0.385 e. The van der Waals surface area contributed by atoms with Crippen LogP contribution in [0.4, 0.5) is 0 Å². The second-order valence-corrected chi connectivity index (χ2v) is 7.25. The molecule has 1 aliphatic rings. The van der Waals surface area contributed by atoms with E-state index in [1.54, 1.807) is 18.6 Å². The summed E-state index contributed by atoms with van der Waals surface area (Å²) >= 11 is 7.86. The summed E-state index contributed by atoms with van der Waals surface area (Å²) in [6.45, 7) is 0. The molecule has 0 aromatic carbocycles. The Labute approximate surface area is 131 Å². The van der Waals surface area contributed by atoms with Crippen molar-refractivity contribution in [1.29, 1.82) is 0 Å². The van der Waals surface area contributed by atoms with Crippen molar-refractivity contribution >= 4 is 55.3 Å². The van der Waals surface area contributed by atoms with E-state index in [2.05, 4.69) is 5.10 Å². The first-order valence-electron chi connectivity index (χ1n) is 5.42. The highest BCUT2D eigenvalue weighted by Crippen LogP contribution is 2.65. The number of rotatable bonds is 7. The highest BCUT2D eigenvalue weighted by Gasteiger charge is 2.38. The molecule has 0 aliphatic heterocycles. The van der Waals surface area contributed by atoms with Crippen LogP contribution in [0.5, 0.6) is 0 Å². The van der Waals surface area contributed by atoms with Crippen molar-refractivity contribution in [2.75, 3.05) is 12.5 Å². The first kappa shape index (κ1) is 17.8.